The summed E-state index contributed by atoms with van der Waals surface area (Å²) in [5.41, 5.74) is 1.35. The van der Waals surface area contributed by atoms with Gasteiger partial charge in [0.15, 0.2) is 0 Å². The summed E-state index contributed by atoms with van der Waals surface area (Å²) in [4.78, 5) is 14.7. The third-order valence-corrected chi connectivity index (χ3v) is 7.16. The molecule has 2 aromatic rings. The van der Waals surface area contributed by atoms with Crippen LogP contribution < -0.4 is 5.30 Å². The molecular weight excluding hydrogens is 277 g/mol. The molecule has 0 N–H and O–H groups in total. The van der Waals surface area contributed by atoms with Crippen LogP contribution in [0.1, 0.15) is 25.2 Å². The Hall–Kier alpha value is -1.66. The molecule has 108 valence electrons. The van der Waals surface area contributed by atoms with Crippen LogP contribution in [0.2, 0.25) is 0 Å². The van der Waals surface area contributed by atoms with Crippen molar-refractivity contribution in [3.8, 4) is 0 Å². The number of benzene rings is 2. The number of amides is 1. The minimum Gasteiger partial charge on any atom is -0.331 e. The zero-order valence-corrected chi connectivity index (χ0v) is 13.3. The standard InChI is InChI=1S/C18H20NOP/c1-3-19-17(20)14(2)21(16-12-8-5-9-13-16)18(19)15-10-6-4-7-11-15/h4-14,18H,3H2,1-2H3/t14-,18-,21+/m1/s1. The highest BCUT2D eigenvalue weighted by Crippen LogP contribution is 2.60. The average molecular weight is 297 g/mol. The second kappa shape index (κ2) is 5.99. The second-order valence-corrected chi connectivity index (χ2v) is 7.92. The van der Waals surface area contributed by atoms with Gasteiger partial charge in [-0.1, -0.05) is 60.7 Å². The maximum absolute atomic E-state index is 12.6. The summed E-state index contributed by atoms with van der Waals surface area (Å²) in [6.45, 7) is 4.94. The molecular formula is C18H20NOP. The molecule has 3 rings (SSSR count). The molecule has 3 atom stereocenters. The topological polar surface area (TPSA) is 20.3 Å². The summed E-state index contributed by atoms with van der Waals surface area (Å²) in [6.07, 6.45) is 0. The third kappa shape index (κ3) is 2.49. The van der Waals surface area contributed by atoms with Gasteiger partial charge in [0, 0.05) is 6.54 Å². The quantitative estimate of drug-likeness (QED) is 0.790. The number of hydrogen-bond acceptors (Lipinski definition) is 1. The van der Waals surface area contributed by atoms with E-state index in [-0.39, 0.29) is 11.4 Å². The van der Waals surface area contributed by atoms with Crippen LogP contribution in [0.25, 0.3) is 0 Å². The minimum absolute atomic E-state index is 0.0903. The van der Waals surface area contributed by atoms with E-state index < -0.39 is 7.92 Å². The van der Waals surface area contributed by atoms with E-state index in [1.165, 1.54) is 10.9 Å². The zero-order chi connectivity index (χ0) is 14.8. The molecule has 1 fully saturated rings. The van der Waals surface area contributed by atoms with Crippen molar-refractivity contribution in [3.05, 3.63) is 66.2 Å². The van der Waals surface area contributed by atoms with E-state index in [1.807, 2.05) is 12.1 Å². The fourth-order valence-electron chi connectivity index (χ4n) is 3.10. The second-order valence-electron chi connectivity index (χ2n) is 5.33. The van der Waals surface area contributed by atoms with E-state index in [0.29, 0.717) is 5.91 Å². The molecule has 0 spiro atoms. The Kier molecular flexibility index (Phi) is 4.07. The molecule has 0 saturated carbocycles. The molecule has 2 nitrogen and oxygen atoms in total. The van der Waals surface area contributed by atoms with E-state index >= 15 is 0 Å². The van der Waals surface area contributed by atoms with Crippen molar-refractivity contribution in [1.29, 1.82) is 0 Å². The fourth-order valence-corrected chi connectivity index (χ4v) is 6.23. The van der Waals surface area contributed by atoms with Gasteiger partial charge in [-0.05, 0) is 32.6 Å². The van der Waals surface area contributed by atoms with Crippen LogP contribution in [0.4, 0.5) is 0 Å². The van der Waals surface area contributed by atoms with Gasteiger partial charge in [-0.2, -0.15) is 0 Å². The van der Waals surface area contributed by atoms with Crippen molar-refractivity contribution in [2.45, 2.75) is 25.3 Å². The highest BCUT2D eigenvalue weighted by atomic mass is 31.1. The van der Waals surface area contributed by atoms with Crippen molar-refractivity contribution in [3.63, 3.8) is 0 Å². The summed E-state index contributed by atoms with van der Waals surface area (Å²) in [5, 5.41) is 1.32. The van der Waals surface area contributed by atoms with Gasteiger partial charge >= 0.3 is 0 Å². The first-order chi connectivity index (χ1) is 10.2. The van der Waals surface area contributed by atoms with Gasteiger partial charge in [-0.25, -0.2) is 0 Å². The van der Waals surface area contributed by atoms with Crippen molar-refractivity contribution >= 4 is 19.1 Å². The predicted molar refractivity (Wildman–Crippen MR) is 89.0 cm³/mol. The Bertz CT molecular complexity index is 614. The van der Waals surface area contributed by atoms with Gasteiger partial charge in [0.25, 0.3) is 0 Å². The lowest BCUT2D eigenvalue weighted by Crippen LogP contribution is -2.29. The molecule has 0 radical (unpaired) electrons. The lowest BCUT2D eigenvalue weighted by Gasteiger charge is -2.28. The molecule has 1 saturated heterocycles. The largest absolute Gasteiger partial charge is 0.331 e. The van der Waals surface area contributed by atoms with Gasteiger partial charge in [0.05, 0.1) is 11.4 Å². The van der Waals surface area contributed by atoms with Crippen molar-refractivity contribution in [1.82, 2.24) is 4.90 Å². The number of carbonyl (C=O) groups is 1. The van der Waals surface area contributed by atoms with Crippen LogP contribution in [-0.2, 0) is 4.79 Å². The lowest BCUT2D eigenvalue weighted by atomic mass is 10.2. The van der Waals surface area contributed by atoms with E-state index in [1.54, 1.807) is 0 Å². The summed E-state index contributed by atoms with van der Waals surface area (Å²) in [5.74, 6) is 0.498. The number of hydrogen-bond donors (Lipinski definition) is 0. The van der Waals surface area contributed by atoms with Crippen LogP contribution in [-0.4, -0.2) is 23.0 Å². The third-order valence-electron chi connectivity index (χ3n) is 4.11. The SMILES string of the molecule is CCN1C(=O)[C@@H](C)[P@@](c2ccccc2)[C@@H]1c1ccccc1. The fraction of sp³-hybridized carbons (Fsp3) is 0.278. The maximum atomic E-state index is 12.6. The lowest BCUT2D eigenvalue weighted by molar-refractivity contribution is -0.129. The maximum Gasteiger partial charge on any atom is 0.230 e. The molecule has 2 aromatic carbocycles. The van der Waals surface area contributed by atoms with Gasteiger partial charge in [0.2, 0.25) is 5.91 Å². The van der Waals surface area contributed by atoms with Gasteiger partial charge in [-0.3, -0.25) is 4.79 Å². The molecule has 0 unspecified atom stereocenters. The molecule has 1 heterocycles. The first-order valence-corrected chi connectivity index (χ1v) is 8.91. The Balaban J connectivity index is 2.09. The summed E-state index contributed by atoms with van der Waals surface area (Å²) in [6, 6.07) is 21.0. The zero-order valence-electron chi connectivity index (χ0n) is 12.4. The van der Waals surface area contributed by atoms with E-state index in [4.69, 9.17) is 0 Å². The van der Waals surface area contributed by atoms with Crippen molar-refractivity contribution in [2.24, 2.45) is 0 Å². The first-order valence-electron chi connectivity index (χ1n) is 7.43. The summed E-state index contributed by atoms with van der Waals surface area (Å²) >= 11 is 0. The number of rotatable bonds is 3. The van der Waals surface area contributed by atoms with Gasteiger partial charge < -0.3 is 4.90 Å². The molecule has 1 amide bonds. The summed E-state index contributed by atoms with van der Waals surface area (Å²) in [7, 11) is -0.549. The molecule has 0 bridgehead atoms. The molecule has 0 aromatic heterocycles. The number of carbonyl (C=O) groups excluding carboxylic acids is 1. The molecule has 1 aliphatic heterocycles. The van der Waals surface area contributed by atoms with E-state index in [2.05, 4.69) is 67.3 Å². The van der Waals surface area contributed by atoms with Crippen LogP contribution in [0.3, 0.4) is 0 Å². The van der Waals surface area contributed by atoms with Gasteiger partial charge in [0.1, 0.15) is 0 Å². The Morgan fingerprint density at radius 1 is 1.00 bits per heavy atom. The molecule has 21 heavy (non-hydrogen) atoms. The minimum atomic E-state index is -0.549. The molecule has 3 heteroatoms. The highest BCUT2D eigenvalue weighted by molar-refractivity contribution is 7.68. The highest BCUT2D eigenvalue weighted by Gasteiger charge is 2.45. The molecule has 0 aliphatic carbocycles. The van der Waals surface area contributed by atoms with Crippen molar-refractivity contribution in [2.75, 3.05) is 6.54 Å². The Morgan fingerprint density at radius 2 is 1.57 bits per heavy atom. The predicted octanol–water partition coefficient (Wildman–Crippen LogP) is 3.74. The van der Waals surface area contributed by atoms with Crippen molar-refractivity contribution < 1.29 is 4.79 Å². The summed E-state index contributed by atoms with van der Waals surface area (Å²) < 4.78 is 0. The smallest absolute Gasteiger partial charge is 0.230 e. The normalized spacial score (nSPS) is 25.3. The first kappa shape index (κ1) is 14.3. The van der Waals surface area contributed by atoms with Crippen LogP contribution >= 0.6 is 7.92 Å². The van der Waals surface area contributed by atoms with E-state index in [0.717, 1.165) is 6.54 Å². The van der Waals surface area contributed by atoms with E-state index in [9.17, 15) is 4.79 Å². The van der Waals surface area contributed by atoms with Crippen LogP contribution in [0.5, 0.6) is 0 Å². The Morgan fingerprint density at radius 3 is 2.14 bits per heavy atom. The molecule has 1 aliphatic rings. The van der Waals surface area contributed by atoms with Crippen LogP contribution in [0, 0.1) is 0 Å². The van der Waals surface area contributed by atoms with Crippen LogP contribution in [0.15, 0.2) is 60.7 Å². The Labute approximate surface area is 127 Å². The van der Waals surface area contributed by atoms with Gasteiger partial charge in [-0.15, -0.1) is 0 Å². The number of nitrogens with zero attached hydrogens (tertiary/aromatic N) is 1. The monoisotopic (exact) mass is 297 g/mol. The average Bonchev–Trinajstić information content (AvgIpc) is 2.80.